The first-order chi connectivity index (χ1) is 16.8. The van der Waals surface area contributed by atoms with Gasteiger partial charge in [-0.1, -0.05) is 59.8 Å². The molecule has 0 aliphatic carbocycles. The number of anilines is 2. The number of carbonyl (C=O) groups is 2. The van der Waals surface area contributed by atoms with Gasteiger partial charge < -0.3 is 14.8 Å². The molecule has 1 heterocycles. The Kier molecular flexibility index (Phi) is 7.75. The number of methoxy groups -OCH3 is 1. The van der Waals surface area contributed by atoms with Crippen molar-refractivity contribution in [3.05, 3.63) is 87.8 Å². The molecule has 4 rings (SSSR count). The van der Waals surface area contributed by atoms with Gasteiger partial charge in [-0.2, -0.15) is 0 Å². The largest absolute Gasteiger partial charge is 0.493 e. The molecule has 6 nitrogen and oxygen atoms in total. The third-order valence-electron chi connectivity index (χ3n) is 5.01. The van der Waals surface area contributed by atoms with Crippen molar-refractivity contribution in [1.29, 1.82) is 0 Å². The van der Waals surface area contributed by atoms with Crippen LogP contribution in [0.15, 0.2) is 71.6 Å². The van der Waals surface area contributed by atoms with E-state index in [2.05, 4.69) is 5.32 Å². The van der Waals surface area contributed by atoms with Crippen LogP contribution < -0.4 is 19.7 Å². The predicted molar refractivity (Wildman–Crippen MR) is 145 cm³/mol. The molecule has 1 N–H and O–H groups in total. The maximum absolute atomic E-state index is 13.0. The van der Waals surface area contributed by atoms with Crippen LogP contribution >= 0.6 is 35.6 Å². The zero-order valence-corrected chi connectivity index (χ0v) is 21.3. The summed E-state index contributed by atoms with van der Waals surface area (Å²) in [5.74, 6) is 0.322. The van der Waals surface area contributed by atoms with Gasteiger partial charge >= 0.3 is 0 Å². The Morgan fingerprint density at radius 1 is 1.11 bits per heavy atom. The Hall–Kier alpha value is -3.33. The van der Waals surface area contributed by atoms with Crippen molar-refractivity contribution in [3.63, 3.8) is 0 Å². The van der Waals surface area contributed by atoms with E-state index in [1.165, 1.54) is 23.8 Å². The van der Waals surface area contributed by atoms with E-state index in [9.17, 15) is 9.59 Å². The van der Waals surface area contributed by atoms with Gasteiger partial charge in [0.1, 0.15) is 0 Å². The first-order valence-electron chi connectivity index (χ1n) is 10.5. The van der Waals surface area contributed by atoms with Crippen LogP contribution in [0.4, 0.5) is 11.4 Å². The number of halogens is 1. The zero-order valence-electron chi connectivity index (χ0n) is 18.9. The van der Waals surface area contributed by atoms with Gasteiger partial charge in [0, 0.05) is 10.7 Å². The Morgan fingerprint density at radius 3 is 2.66 bits per heavy atom. The van der Waals surface area contributed by atoms with E-state index < -0.39 is 0 Å². The second-order valence-electron chi connectivity index (χ2n) is 7.61. The summed E-state index contributed by atoms with van der Waals surface area (Å²) in [6.45, 7) is 1.76. The molecule has 0 unspecified atom stereocenters. The summed E-state index contributed by atoms with van der Waals surface area (Å²) in [5.41, 5.74) is 3.11. The molecule has 3 aromatic carbocycles. The van der Waals surface area contributed by atoms with Crippen molar-refractivity contribution in [2.24, 2.45) is 0 Å². The summed E-state index contributed by atoms with van der Waals surface area (Å²) in [6, 6.07) is 19.7. The number of amides is 2. The lowest BCUT2D eigenvalue weighted by Gasteiger charge is -2.14. The molecular formula is C26H21ClN2O4S2. The Balaban J connectivity index is 1.45. The monoisotopic (exact) mass is 524 g/mol. The molecule has 0 radical (unpaired) electrons. The number of ether oxygens (including phenoxy) is 2. The quantitative estimate of drug-likeness (QED) is 0.298. The van der Waals surface area contributed by atoms with E-state index >= 15 is 0 Å². The summed E-state index contributed by atoms with van der Waals surface area (Å²) in [7, 11) is 1.51. The summed E-state index contributed by atoms with van der Waals surface area (Å²) >= 11 is 12.6. The Labute approximate surface area is 217 Å². The van der Waals surface area contributed by atoms with Gasteiger partial charge in [0.25, 0.3) is 11.8 Å². The second kappa shape index (κ2) is 10.9. The van der Waals surface area contributed by atoms with Gasteiger partial charge in [-0.15, -0.1) is 0 Å². The van der Waals surface area contributed by atoms with Crippen molar-refractivity contribution in [2.75, 3.05) is 23.9 Å². The fourth-order valence-corrected chi connectivity index (χ4v) is 4.90. The fourth-order valence-electron chi connectivity index (χ4n) is 3.41. The summed E-state index contributed by atoms with van der Waals surface area (Å²) < 4.78 is 11.6. The van der Waals surface area contributed by atoms with Gasteiger partial charge in [-0.25, -0.2) is 0 Å². The molecule has 0 saturated carbocycles. The number of nitrogens with one attached hydrogen (secondary N) is 1. The van der Waals surface area contributed by atoms with Gasteiger partial charge in [-0.05, 0) is 66.6 Å². The highest BCUT2D eigenvalue weighted by Crippen LogP contribution is 2.37. The highest BCUT2D eigenvalue weighted by atomic mass is 35.5. The molecule has 1 saturated heterocycles. The minimum absolute atomic E-state index is 0.178. The predicted octanol–water partition coefficient (Wildman–Crippen LogP) is 6.08. The number of carbonyl (C=O) groups excluding carboxylic acids is 2. The average molecular weight is 525 g/mol. The van der Waals surface area contributed by atoms with E-state index in [1.54, 1.807) is 48.5 Å². The molecule has 0 spiro atoms. The van der Waals surface area contributed by atoms with Crippen LogP contribution in [0.25, 0.3) is 6.08 Å². The van der Waals surface area contributed by atoms with Crippen molar-refractivity contribution >= 4 is 69.2 Å². The maximum Gasteiger partial charge on any atom is 0.270 e. The lowest BCUT2D eigenvalue weighted by molar-refractivity contribution is -0.118. The standard InChI is InChI=1S/C26H21ClN2O4S2/c1-16-5-3-8-20(11-16)29-25(31)23(35-26(29)34)13-17-9-10-21(22(12-17)32-2)33-15-24(30)28-19-7-4-6-18(27)14-19/h3-14H,15H2,1-2H3,(H,28,30)/b23-13-. The highest BCUT2D eigenvalue weighted by molar-refractivity contribution is 8.27. The summed E-state index contributed by atoms with van der Waals surface area (Å²) in [5, 5.41) is 3.25. The number of benzene rings is 3. The lowest BCUT2D eigenvalue weighted by Crippen LogP contribution is -2.27. The number of nitrogens with zero attached hydrogens (tertiary/aromatic N) is 1. The lowest BCUT2D eigenvalue weighted by atomic mass is 10.1. The van der Waals surface area contributed by atoms with Crippen LogP contribution in [0, 0.1) is 6.92 Å². The normalized spacial score (nSPS) is 14.4. The first-order valence-corrected chi connectivity index (χ1v) is 12.1. The van der Waals surface area contributed by atoms with Gasteiger partial charge in [-0.3, -0.25) is 14.5 Å². The number of rotatable bonds is 7. The summed E-state index contributed by atoms with van der Waals surface area (Å²) in [6.07, 6.45) is 1.76. The van der Waals surface area contributed by atoms with Crippen LogP contribution in [0.1, 0.15) is 11.1 Å². The molecule has 0 atom stereocenters. The van der Waals surface area contributed by atoms with Gasteiger partial charge in [0.05, 0.1) is 17.7 Å². The number of hydrogen-bond acceptors (Lipinski definition) is 6. The first kappa shape index (κ1) is 24.8. The maximum atomic E-state index is 13.0. The Morgan fingerprint density at radius 2 is 1.91 bits per heavy atom. The third kappa shape index (κ3) is 6.03. The van der Waals surface area contributed by atoms with Crippen LogP contribution in [-0.4, -0.2) is 29.9 Å². The number of thiocarbonyl (C=S) groups is 1. The molecule has 0 aromatic heterocycles. The van der Waals surface area contributed by atoms with Crippen molar-refractivity contribution in [3.8, 4) is 11.5 Å². The molecule has 0 bridgehead atoms. The molecular weight excluding hydrogens is 504 g/mol. The van der Waals surface area contributed by atoms with Crippen molar-refractivity contribution < 1.29 is 19.1 Å². The van der Waals surface area contributed by atoms with Crippen LogP contribution in [0.3, 0.4) is 0 Å². The van der Waals surface area contributed by atoms with Crippen LogP contribution in [0.5, 0.6) is 11.5 Å². The van der Waals surface area contributed by atoms with Gasteiger partial charge in [0.15, 0.2) is 22.4 Å². The van der Waals surface area contributed by atoms with E-state index in [1.807, 2.05) is 31.2 Å². The zero-order chi connectivity index (χ0) is 24.9. The topological polar surface area (TPSA) is 67.9 Å². The molecule has 1 aliphatic heterocycles. The minimum Gasteiger partial charge on any atom is -0.493 e. The molecule has 178 valence electrons. The number of aryl methyl sites for hydroxylation is 1. The molecule has 1 aliphatic rings. The Bertz CT molecular complexity index is 1340. The number of thioether (sulfide) groups is 1. The molecule has 35 heavy (non-hydrogen) atoms. The molecule has 9 heteroatoms. The number of hydrogen-bond donors (Lipinski definition) is 1. The minimum atomic E-state index is -0.335. The second-order valence-corrected chi connectivity index (χ2v) is 9.73. The van der Waals surface area contributed by atoms with Crippen LogP contribution in [-0.2, 0) is 9.59 Å². The van der Waals surface area contributed by atoms with Crippen molar-refractivity contribution in [2.45, 2.75) is 6.92 Å². The van der Waals surface area contributed by atoms with E-state index in [4.69, 9.17) is 33.3 Å². The van der Waals surface area contributed by atoms with E-state index in [0.717, 1.165) is 16.8 Å². The summed E-state index contributed by atoms with van der Waals surface area (Å²) in [4.78, 5) is 27.3. The molecule has 2 amide bonds. The molecule has 1 fully saturated rings. The molecule has 3 aromatic rings. The SMILES string of the molecule is COc1cc(/C=C2\SC(=S)N(c3cccc(C)c3)C2=O)ccc1OCC(=O)Nc1cccc(Cl)c1. The fraction of sp³-hybridized carbons (Fsp3) is 0.115. The van der Waals surface area contributed by atoms with Gasteiger partial charge in [0.2, 0.25) is 0 Å². The van der Waals surface area contributed by atoms with Crippen molar-refractivity contribution in [1.82, 2.24) is 0 Å². The smallest absolute Gasteiger partial charge is 0.270 e. The highest BCUT2D eigenvalue weighted by Gasteiger charge is 2.33. The average Bonchev–Trinajstić information content (AvgIpc) is 3.10. The van der Waals surface area contributed by atoms with Crippen LogP contribution in [0.2, 0.25) is 5.02 Å². The third-order valence-corrected chi connectivity index (χ3v) is 6.54. The van der Waals surface area contributed by atoms with E-state index in [-0.39, 0.29) is 18.4 Å². The van der Waals surface area contributed by atoms with E-state index in [0.29, 0.717) is 31.4 Å².